The Morgan fingerprint density at radius 3 is 1.50 bits per heavy atom. The molecule has 1 atom stereocenters. The highest BCUT2D eigenvalue weighted by Gasteiger charge is 2.10. The first kappa shape index (κ1) is 38.7. The number of rotatable bonds is 32. The Balaban J connectivity index is 3.94. The molecule has 0 heterocycles. The second kappa shape index (κ2) is 32.2. The summed E-state index contributed by atoms with van der Waals surface area (Å²) < 4.78 is 5.69. The van der Waals surface area contributed by atoms with Crippen LogP contribution >= 0.6 is 0 Å². The summed E-state index contributed by atoms with van der Waals surface area (Å²) in [6.45, 7) is 5.03. The van der Waals surface area contributed by atoms with Crippen LogP contribution in [0.25, 0.3) is 0 Å². The topological polar surface area (TPSA) is 63.6 Å². The zero-order chi connectivity index (χ0) is 29.4. The van der Waals surface area contributed by atoms with Crippen molar-refractivity contribution < 1.29 is 19.4 Å². The van der Waals surface area contributed by atoms with E-state index in [1.165, 1.54) is 109 Å². The molecule has 0 aliphatic carbocycles. The van der Waals surface area contributed by atoms with Gasteiger partial charge in [-0.1, -0.05) is 161 Å². The number of hydrogen-bond acceptors (Lipinski definition) is 3. The van der Waals surface area contributed by atoms with E-state index < -0.39 is 5.97 Å². The minimum atomic E-state index is -0.698. The summed E-state index contributed by atoms with van der Waals surface area (Å²) in [4.78, 5) is 23.0. The quantitative estimate of drug-likeness (QED) is 0.0501. The van der Waals surface area contributed by atoms with Gasteiger partial charge in [0.15, 0.2) is 0 Å². The SMILES string of the molecule is CCCCCCC/C=C/C(CCCCCCCC(=O)O)COC(=O)CCCCCCCCCCCCCCCC. The van der Waals surface area contributed by atoms with Crippen molar-refractivity contribution in [2.75, 3.05) is 6.61 Å². The molecule has 0 radical (unpaired) electrons. The molecule has 40 heavy (non-hydrogen) atoms. The van der Waals surface area contributed by atoms with Gasteiger partial charge in [-0.2, -0.15) is 0 Å². The summed E-state index contributed by atoms with van der Waals surface area (Å²) in [5.74, 6) is -0.434. The van der Waals surface area contributed by atoms with Crippen molar-refractivity contribution in [1.82, 2.24) is 0 Å². The standard InChI is InChI=1S/C36H68O4/c1-3-5-7-9-11-12-13-14-15-16-17-19-24-28-32-36(39)40-33-34(29-25-21-18-10-8-6-4-2)30-26-22-20-23-27-31-35(37)38/h25,29,34H,3-24,26-28,30-33H2,1-2H3,(H,37,38)/b29-25+. The van der Waals surface area contributed by atoms with Crippen LogP contribution in [0.5, 0.6) is 0 Å². The fourth-order valence-electron chi connectivity index (χ4n) is 5.34. The van der Waals surface area contributed by atoms with Gasteiger partial charge in [-0.05, 0) is 32.1 Å². The highest BCUT2D eigenvalue weighted by Crippen LogP contribution is 2.17. The number of unbranched alkanes of at least 4 members (excludes halogenated alkanes) is 22. The van der Waals surface area contributed by atoms with Crippen molar-refractivity contribution in [2.45, 2.75) is 194 Å². The van der Waals surface area contributed by atoms with Crippen molar-refractivity contribution in [1.29, 1.82) is 0 Å². The molecule has 4 heteroatoms. The van der Waals surface area contributed by atoms with Crippen molar-refractivity contribution >= 4 is 11.9 Å². The average Bonchev–Trinajstić information content (AvgIpc) is 2.94. The average molecular weight is 565 g/mol. The number of carboxylic acids is 1. The van der Waals surface area contributed by atoms with E-state index in [-0.39, 0.29) is 12.4 Å². The number of carbonyl (C=O) groups excluding carboxylic acids is 1. The normalized spacial score (nSPS) is 12.2. The van der Waals surface area contributed by atoms with E-state index >= 15 is 0 Å². The Morgan fingerprint density at radius 2 is 1.00 bits per heavy atom. The van der Waals surface area contributed by atoms with Crippen molar-refractivity contribution in [3.8, 4) is 0 Å². The minimum Gasteiger partial charge on any atom is -0.481 e. The van der Waals surface area contributed by atoms with E-state index in [0.717, 1.165) is 57.8 Å². The van der Waals surface area contributed by atoms with E-state index in [9.17, 15) is 9.59 Å². The molecule has 0 aromatic carbocycles. The van der Waals surface area contributed by atoms with Crippen LogP contribution in [0, 0.1) is 5.92 Å². The Labute approximate surface area is 249 Å². The number of aliphatic carboxylic acids is 1. The Morgan fingerprint density at radius 1 is 0.575 bits per heavy atom. The van der Waals surface area contributed by atoms with Crippen molar-refractivity contribution in [2.24, 2.45) is 5.92 Å². The van der Waals surface area contributed by atoms with Crippen molar-refractivity contribution in [3.05, 3.63) is 12.2 Å². The van der Waals surface area contributed by atoms with Crippen LogP contribution in [0.1, 0.15) is 194 Å². The first-order chi connectivity index (χ1) is 19.6. The summed E-state index contributed by atoms with van der Waals surface area (Å²) in [6.07, 6.45) is 37.6. The molecule has 0 aliphatic rings. The third kappa shape index (κ3) is 31.2. The van der Waals surface area contributed by atoms with E-state index in [2.05, 4.69) is 26.0 Å². The Bertz CT molecular complexity index is 571. The lowest BCUT2D eigenvalue weighted by atomic mass is 9.99. The van der Waals surface area contributed by atoms with Crippen LogP contribution in [0.3, 0.4) is 0 Å². The fourth-order valence-corrected chi connectivity index (χ4v) is 5.34. The number of carbonyl (C=O) groups is 2. The summed E-state index contributed by atoms with van der Waals surface area (Å²) in [6, 6.07) is 0. The van der Waals surface area contributed by atoms with E-state index in [0.29, 0.717) is 18.9 Å². The molecule has 0 spiro atoms. The maximum atomic E-state index is 12.4. The second-order valence-electron chi connectivity index (χ2n) is 12.1. The predicted molar refractivity (Wildman–Crippen MR) is 172 cm³/mol. The second-order valence-corrected chi connectivity index (χ2v) is 12.1. The van der Waals surface area contributed by atoms with Crippen LogP contribution in [0.2, 0.25) is 0 Å². The molecular weight excluding hydrogens is 496 g/mol. The van der Waals surface area contributed by atoms with Gasteiger partial charge in [0.2, 0.25) is 0 Å². The molecule has 236 valence electrons. The van der Waals surface area contributed by atoms with E-state index in [4.69, 9.17) is 9.84 Å². The first-order valence-corrected chi connectivity index (χ1v) is 17.6. The predicted octanol–water partition coefficient (Wildman–Crippen LogP) is 11.7. The zero-order valence-electron chi connectivity index (χ0n) is 26.9. The molecule has 0 rings (SSSR count). The molecule has 0 fully saturated rings. The highest BCUT2D eigenvalue weighted by atomic mass is 16.5. The summed E-state index contributed by atoms with van der Waals surface area (Å²) in [5.41, 5.74) is 0. The van der Waals surface area contributed by atoms with Crippen LogP contribution in [0.15, 0.2) is 12.2 Å². The number of ether oxygens (including phenoxy) is 1. The van der Waals surface area contributed by atoms with Crippen LogP contribution in [-0.2, 0) is 14.3 Å². The number of esters is 1. The molecule has 0 aromatic rings. The van der Waals surface area contributed by atoms with Gasteiger partial charge in [0.05, 0.1) is 6.61 Å². The molecule has 0 aliphatic heterocycles. The highest BCUT2D eigenvalue weighted by molar-refractivity contribution is 5.69. The summed E-state index contributed by atoms with van der Waals surface area (Å²) in [5, 5.41) is 8.77. The van der Waals surface area contributed by atoms with E-state index in [1.807, 2.05) is 0 Å². The number of allylic oxidation sites excluding steroid dienone is 1. The lowest BCUT2D eigenvalue weighted by Crippen LogP contribution is -2.13. The molecular formula is C36H68O4. The van der Waals surface area contributed by atoms with Gasteiger partial charge in [0.25, 0.3) is 0 Å². The third-order valence-corrected chi connectivity index (χ3v) is 8.04. The van der Waals surface area contributed by atoms with Crippen LogP contribution < -0.4 is 0 Å². The fraction of sp³-hybridized carbons (Fsp3) is 0.889. The maximum absolute atomic E-state index is 12.4. The minimum absolute atomic E-state index is 0.0365. The molecule has 0 saturated carbocycles. The molecule has 1 unspecified atom stereocenters. The molecule has 1 N–H and O–H groups in total. The maximum Gasteiger partial charge on any atom is 0.305 e. The van der Waals surface area contributed by atoms with Gasteiger partial charge >= 0.3 is 11.9 Å². The number of carboxylic acid groups (broad SMARTS) is 1. The van der Waals surface area contributed by atoms with Gasteiger partial charge in [0, 0.05) is 18.8 Å². The van der Waals surface area contributed by atoms with Crippen molar-refractivity contribution in [3.63, 3.8) is 0 Å². The van der Waals surface area contributed by atoms with Gasteiger partial charge in [-0.15, -0.1) is 0 Å². The Hall–Kier alpha value is -1.32. The summed E-state index contributed by atoms with van der Waals surface area (Å²) >= 11 is 0. The van der Waals surface area contributed by atoms with Crippen LogP contribution in [-0.4, -0.2) is 23.7 Å². The zero-order valence-corrected chi connectivity index (χ0v) is 26.9. The molecule has 0 bridgehead atoms. The third-order valence-electron chi connectivity index (χ3n) is 8.04. The lowest BCUT2D eigenvalue weighted by Gasteiger charge is -2.14. The molecule has 4 nitrogen and oxygen atoms in total. The lowest BCUT2D eigenvalue weighted by molar-refractivity contribution is -0.144. The molecule has 0 amide bonds. The van der Waals surface area contributed by atoms with Crippen LogP contribution in [0.4, 0.5) is 0 Å². The van der Waals surface area contributed by atoms with Gasteiger partial charge < -0.3 is 9.84 Å². The smallest absolute Gasteiger partial charge is 0.305 e. The molecule has 0 saturated heterocycles. The largest absolute Gasteiger partial charge is 0.481 e. The van der Waals surface area contributed by atoms with Gasteiger partial charge in [-0.25, -0.2) is 0 Å². The van der Waals surface area contributed by atoms with E-state index in [1.54, 1.807) is 0 Å². The monoisotopic (exact) mass is 565 g/mol. The number of hydrogen-bond donors (Lipinski definition) is 1. The Kier molecular flexibility index (Phi) is 31.1. The van der Waals surface area contributed by atoms with Gasteiger partial charge in [0.1, 0.15) is 0 Å². The molecule has 0 aromatic heterocycles. The first-order valence-electron chi connectivity index (χ1n) is 17.6. The van der Waals surface area contributed by atoms with Gasteiger partial charge in [-0.3, -0.25) is 9.59 Å². The summed E-state index contributed by atoms with van der Waals surface area (Å²) in [7, 11) is 0.